The Morgan fingerprint density at radius 1 is 1.22 bits per heavy atom. The van der Waals surface area contributed by atoms with Crippen LogP contribution in [-0.4, -0.2) is 16.6 Å². The summed E-state index contributed by atoms with van der Waals surface area (Å²) in [6.45, 7) is 8.34. The van der Waals surface area contributed by atoms with Crippen LogP contribution in [0.4, 0.5) is 0 Å². The first-order valence-corrected chi connectivity index (χ1v) is 9.92. The minimum absolute atomic E-state index is 0.0131. The SMILES string of the molecule is CCC1(NC(=O)c2ccc(OCc3c(C)noc3C)c(C)c2)CCCCC1. The zero-order valence-corrected chi connectivity index (χ0v) is 16.9. The Bertz CT molecular complexity index is 784. The molecule has 0 saturated heterocycles. The predicted molar refractivity (Wildman–Crippen MR) is 105 cm³/mol. The van der Waals surface area contributed by atoms with Gasteiger partial charge in [-0.1, -0.05) is 31.3 Å². The van der Waals surface area contributed by atoms with Crippen molar-refractivity contribution in [2.24, 2.45) is 0 Å². The maximum atomic E-state index is 12.8. The number of aromatic nitrogens is 1. The van der Waals surface area contributed by atoms with Crippen LogP contribution in [0.25, 0.3) is 0 Å². The minimum Gasteiger partial charge on any atom is -0.488 e. The molecule has 0 atom stereocenters. The van der Waals surface area contributed by atoms with Crippen molar-refractivity contribution in [1.82, 2.24) is 10.5 Å². The number of carbonyl (C=O) groups is 1. The molecule has 27 heavy (non-hydrogen) atoms. The standard InChI is InChI=1S/C22H30N2O3/c1-5-22(11-7-6-8-12-22)23-21(25)18-9-10-20(15(2)13-18)26-14-19-16(3)24-27-17(19)4/h9-10,13H,5-8,11-12,14H2,1-4H3,(H,23,25). The Labute approximate surface area is 161 Å². The molecule has 146 valence electrons. The summed E-state index contributed by atoms with van der Waals surface area (Å²) in [5, 5.41) is 7.26. The molecule has 0 aliphatic heterocycles. The normalized spacial score (nSPS) is 16.1. The van der Waals surface area contributed by atoms with Crippen LogP contribution >= 0.6 is 0 Å². The number of carbonyl (C=O) groups excluding carboxylic acids is 1. The molecule has 0 radical (unpaired) electrons. The van der Waals surface area contributed by atoms with Crippen molar-refractivity contribution in [3.8, 4) is 5.75 Å². The summed E-state index contributed by atoms with van der Waals surface area (Å²) in [4.78, 5) is 12.8. The molecule has 5 nitrogen and oxygen atoms in total. The van der Waals surface area contributed by atoms with Crippen LogP contribution in [0.2, 0.25) is 0 Å². The van der Waals surface area contributed by atoms with Gasteiger partial charge in [0.25, 0.3) is 5.91 Å². The van der Waals surface area contributed by atoms with Gasteiger partial charge in [0.15, 0.2) is 0 Å². The summed E-state index contributed by atoms with van der Waals surface area (Å²) in [6.07, 6.45) is 6.80. The average Bonchev–Trinajstić information content (AvgIpc) is 2.99. The lowest BCUT2D eigenvalue weighted by molar-refractivity contribution is 0.0864. The molecule has 0 unspecified atom stereocenters. The van der Waals surface area contributed by atoms with Gasteiger partial charge in [0.1, 0.15) is 18.1 Å². The average molecular weight is 370 g/mol. The first kappa shape index (κ1) is 19.5. The number of hydrogen-bond donors (Lipinski definition) is 1. The summed E-state index contributed by atoms with van der Waals surface area (Å²) in [6, 6.07) is 5.63. The van der Waals surface area contributed by atoms with Gasteiger partial charge >= 0.3 is 0 Å². The second-order valence-corrected chi connectivity index (χ2v) is 7.72. The van der Waals surface area contributed by atoms with Crippen LogP contribution in [0.3, 0.4) is 0 Å². The molecule has 1 amide bonds. The maximum absolute atomic E-state index is 12.8. The topological polar surface area (TPSA) is 64.4 Å². The number of rotatable bonds is 6. The van der Waals surface area contributed by atoms with Gasteiger partial charge in [-0.2, -0.15) is 0 Å². The number of nitrogens with zero attached hydrogens (tertiary/aromatic N) is 1. The fourth-order valence-corrected chi connectivity index (χ4v) is 3.92. The Hall–Kier alpha value is -2.30. The number of hydrogen-bond acceptors (Lipinski definition) is 4. The number of aryl methyl sites for hydroxylation is 3. The van der Waals surface area contributed by atoms with Crippen LogP contribution in [-0.2, 0) is 6.61 Å². The monoisotopic (exact) mass is 370 g/mol. The van der Waals surface area contributed by atoms with Crippen molar-refractivity contribution in [3.63, 3.8) is 0 Å². The highest BCUT2D eigenvalue weighted by Gasteiger charge is 2.31. The Kier molecular flexibility index (Phi) is 5.88. The molecule has 1 fully saturated rings. The highest BCUT2D eigenvalue weighted by atomic mass is 16.5. The van der Waals surface area contributed by atoms with E-state index in [4.69, 9.17) is 9.26 Å². The third-order valence-electron chi connectivity index (χ3n) is 5.86. The molecule has 1 aliphatic carbocycles. The summed E-state index contributed by atoms with van der Waals surface area (Å²) >= 11 is 0. The number of nitrogens with one attached hydrogen (secondary N) is 1. The molecule has 1 aromatic heterocycles. The van der Waals surface area contributed by atoms with Gasteiger partial charge in [-0.3, -0.25) is 4.79 Å². The van der Waals surface area contributed by atoms with Gasteiger partial charge in [-0.25, -0.2) is 0 Å². The van der Waals surface area contributed by atoms with Crippen molar-refractivity contribution < 1.29 is 14.1 Å². The van der Waals surface area contributed by atoms with Gasteiger partial charge in [-0.15, -0.1) is 0 Å². The molecule has 3 rings (SSSR count). The lowest BCUT2D eigenvalue weighted by atomic mass is 9.79. The third-order valence-corrected chi connectivity index (χ3v) is 5.86. The number of amides is 1. The molecule has 0 bridgehead atoms. The highest BCUT2D eigenvalue weighted by molar-refractivity contribution is 5.95. The maximum Gasteiger partial charge on any atom is 0.251 e. The van der Waals surface area contributed by atoms with Crippen LogP contribution < -0.4 is 10.1 Å². The molecule has 1 aromatic carbocycles. The highest BCUT2D eigenvalue weighted by Crippen LogP contribution is 2.31. The van der Waals surface area contributed by atoms with Gasteiger partial charge in [-0.05, 0) is 63.8 Å². The lowest BCUT2D eigenvalue weighted by Gasteiger charge is -2.37. The largest absolute Gasteiger partial charge is 0.488 e. The first-order chi connectivity index (χ1) is 12.9. The zero-order chi connectivity index (χ0) is 19.4. The third kappa shape index (κ3) is 4.34. The van der Waals surface area contributed by atoms with Crippen LogP contribution in [0.5, 0.6) is 5.75 Å². The Morgan fingerprint density at radius 2 is 1.96 bits per heavy atom. The second kappa shape index (κ2) is 8.15. The Balaban J connectivity index is 1.67. The van der Waals surface area contributed by atoms with E-state index < -0.39 is 0 Å². The van der Waals surface area contributed by atoms with E-state index in [0.717, 1.165) is 47.6 Å². The molecule has 5 heteroatoms. The first-order valence-electron chi connectivity index (χ1n) is 9.92. The van der Waals surface area contributed by atoms with Crippen LogP contribution in [0.15, 0.2) is 22.7 Å². The summed E-state index contributed by atoms with van der Waals surface area (Å²) in [5.74, 6) is 1.56. The van der Waals surface area contributed by atoms with E-state index in [1.165, 1.54) is 19.3 Å². The van der Waals surface area contributed by atoms with Crippen LogP contribution in [0, 0.1) is 20.8 Å². The van der Waals surface area contributed by atoms with E-state index in [1.807, 2.05) is 39.0 Å². The Morgan fingerprint density at radius 3 is 2.56 bits per heavy atom. The number of benzene rings is 1. The van der Waals surface area contributed by atoms with E-state index in [9.17, 15) is 4.79 Å². The van der Waals surface area contributed by atoms with Crippen molar-refractivity contribution >= 4 is 5.91 Å². The number of ether oxygens (including phenoxy) is 1. The molecule has 1 heterocycles. The van der Waals surface area contributed by atoms with E-state index in [1.54, 1.807) is 0 Å². The van der Waals surface area contributed by atoms with Crippen molar-refractivity contribution in [2.45, 2.75) is 78.4 Å². The van der Waals surface area contributed by atoms with E-state index in [-0.39, 0.29) is 11.4 Å². The molecule has 2 aromatic rings. The minimum atomic E-state index is -0.0399. The molecule has 0 spiro atoms. The quantitative estimate of drug-likeness (QED) is 0.775. The summed E-state index contributed by atoms with van der Waals surface area (Å²) in [7, 11) is 0. The lowest BCUT2D eigenvalue weighted by Crippen LogP contribution is -2.49. The van der Waals surface area contributed by atoms with E-state index in [2.05, 4.69) is 17.4 Å². The van der Waals surface area contributed by atoms with Crippen LogP contribution in [0.1, 0.15) is 78.4 Å². The molecular formula is C22H30N2O3. The summed E-state index contributed by atoms with van der Waals surface area (Å²) < 4.78 is 11.1. The van der Waals surface area contributed by atoms with E-state index in [0.29, 0.717) is 12.2 Å². The van der Waals surface area contributed by atoms with E-state index >= 15 is 0 Å². The smallest absolute Gasteiger partial charge is 0.251 e. The fourth-order valence-electron chi connectivity index (χ4n) is 3.92. The van der Waals surface area contributed by atoms with Gasteiger partial charge in [0.2, 0.25) is 0 Å². The molecule has 1 N–H and O–H groups in total. The van der Waals surface area contributed by atoms with Gasteiger partial charge in [0, 0.05) is 11.1 Å². The van der Waals surface area contributed by atoms with Crippen molar-refractivity contribution in [2.75, 3.05) is 0 Å². The second-order valence-electron chi connectivity index (χ2n) is 7.72. The molecule has 1 aliphatic rings. The van der Waals surface area contributed by atoms with Crippen molar-refractivity contribution in [3.05, 3.63) is 46.3 Å². The molecule has 1 saturated carbocycles. The van der Waals surface area contributed by atoms with Gasteiger partial charge < -0.3 is 14.6 Å². The van der Waals surface area contributed by atoms with Gasteiger partial charge in [0.05, 0.1) is 11.3 Å². The molecular weight excluding hydrogens is 340 g/mol. The predicted octanol–water partition coefficient (Wildman–Crippen LogP) is 5.02. The fraction of sp³-hybridized carbons (Fsp3) is 0.545. The summed E-state index contributed by atoms with van der Waals surface area (Å²) in [5.41, 5.74) is 3.41. The zero-order valence-electron chi connectivity index (χ0n) is 16.9. The van der Waals surface area contributed by atoms with Crippen molar-refractivity contribution in [1.29, 1.82) is 0 Å².